The molecule has 2 atom stereocenters. The lowest BCUT2D eigenvalue weighted by Gasteiger charge is -2.33. The number of carbonyl (C=O) groups excluding carboxylic acids is 3. The first-order valence-corrected chi connectivity index (χ1v) is 9.98. The van der Waals surface area contributed by atoms with Gasteiger partial charge in [-0.25, -0.2) is 14.4 Å². The van der Waals surface area contributed by atoms with E-state index in [-0.39, 0.29) is 17.8 Å². The maximum atomic E-state index is 13.1. The average molecular weight is 444 g/mol. The number of benzene rings is 2. The van der Waals surface area contributed by atoms with Crippen molar-refractivity contribution in [3.8, 4) is 0 Å². The fourth-order valence-electron chi connectivity index (χ4n) is 3.71. The number of nitrogens with zero attached hydrogens (tertiary/aromatic N) is 1. The summed E-state index contributed by atoms with van der Waals surface area (Å²) in [5.74, 6) is -2.23. The van der Waals surface area contributed by atoms with Gasteiger partial charge in [-0.3, -0.25) is 0 Å². The molecule has 8 heteroatoms. The molecule has 1 aliphatic rings. The van der Waals surface area contributed by atoms with Crippen molar-refractivity contribution in [3.05, 3.63) is 76.3 Å². The number of rotatable bonds is 6. The molecule has 7 nitrogen and oxygen atoms in total. The zero-order valence-electron chi connectivity index (χ0n) is 17.3. The zero-order chi connectivity index (χ0) is 22.5. The molecular weight excluding hydrogens is 422 g/mol. The molecule has 1 heterocycles. The monoisotopic (exact) mass is 443 g/mol. The van der Waals surface area contributed by atoms with Crippen LogP contribution in [0.25, 0.3) is 0 Å². The molecule has 0 saturated heterocycles. The molecule has 2 aromatic carbocycles. The summed E-state index contributed by atoms with van der Waals surface area (Å²) in [7, 11) is 2.41. The molecule has 0 N–H and O–H groups in total. The third kappa shape index (κ3) is 4.27. The lowest BCUT2D eigenvalue weighted by Crippen LogP contribution is -2.42. The minimum atomic E-state index is -1.20. The number of esters is 3. The van der Waals surface area contributed by atoms with E-state index >= 15 is 0 Å². The maximum Gasteiger partial charge on any atom is 0.337 e. The first-order chi connectivity index (χ1) is 14.9. The van der Waals surface area contributed by atoms with Crippen LogP contribution in [0.3, 0.4) is 0 Å². The van der Waals surface area contributed by atoms with E-state index < -0.39 is 30.0 Å². The fourth-order valence-corrected chi connectivity index (χ4v) is 3.83. The van der Waals surface area contributed by atoms with Gasteiger partial charge in [0.05, 0.1) is 38.0 Å². The lowest BCUT2D eigenvalue weighted by molar-refractivity contribution is -0.146. The standard InChI is InChI=1S/C23H22ClNO6/c1-4-31-23(28)20-18(22(27)30-3)17(21(26)29-2)19(14-10-12-15(24)13-11-14)25(20)16-8-6-5-7-9-16/h5-13,19-20H,4H2,1-3H3/t19?,20-/m0/s1. The highest BCUT2D eigenvalue weighted by atomic mass is 35.5. The van der Waals surface area contributed by atoms with Crippen molar-refractivity contribution in [1.82, 2.24) is 0 Å². The number of halogens is 1. The molecule has 0 spiro atoms. The van der Waals surface area contributed by atoms with Crippen LogP contribution in [0.5, 0.6) is 0 Å². The minimum Gasteiger partial charge on any atom is -0.466 e. The Morgan fingerprint density at radius 2 is 1.48 bits per heavy atom. The van der Waals surface area contributed by atoms with Gasteiger partial charge >= 0.3 is 17.9 Å². The number of carbonyl (C=O) groups is 3. The van der Waals surface area contributed by atoms with E-state index in [9.17, 15) is 14.4 Å². The van der Waals surface area contributed by atoms with Crippen LogP contribution >= 0.6 is 11.6 Å². The molecule has 0 aliphatic carbocycles. The van der Waals surface area contributed by atoms with Crippen LogP contribution in [-0.4, -0.2) is 44.8 Å². The number of hydrogen-bond donors (Lipinski definition) is 0. The van der Waals surface area contributed by atoms with Gasteiger partial charge in [-0.15, -0.1) is 0 Å². The molecule has 3 rings (SSSR count). The van der Waals surface area contributed by atoms with Crippen molar-refractivity contribution >= 4 is 35.2 Å². The molecular formula is C23H22ClNO6. The Morgan fingerprint density at radius 3 is 2.03 bits per heavy atom. The molecule has 1 aliphatic heterocycles. The van der Waals surface area contributed by atoms with Crippen LogP contribution in [0.4, 0.5) is 5.69 Å². The van der Waals surface area contributed by atoms with E-state index in [0.29, 0.717) is 16.3 Å². The maximum absolute atomic E-state index is 13.1. The Labute approximate surface area is 185 Å². The summed E-state index contributed by atoms with van der Waals surface area (Å²) in [4.78, 5) is 40.5. The van der Waals surface area contributed by atoms with Gasteiger partial charge in [0.15, 0.2) is 6.04 Å². The van der Waals surface area contributed by atoms with Gasteiger partial charge < -0.3 is 19.1 Å². The summed E-state index contributed by atoms with van der Waals surface area (Å²) < 4.78 is 15.2. The van der Waals surface area contributed by atoms with Crippen LogP contribution in [0.1, 0.15) is 18.5 Å². The number of hydrogen-bond acceptors (Lipinski definition) is 7. The van der Waals surface area contributed by atoms with Gasteiger partial charge in [0.2, 0.25) is 0 Å². The second-order valence-electron chi connectivity index (χ2n) is 6.66. The number of anilines is 1. The molecule has 0 bridgehead atoms. The Balaban J connectivity index is 2.33. The van der Waals surface area contributed by atoms with E-state index in [1.807, 2.05) is 6.07 Å². The summed E-state index contributed by atoms with van der Waals surface area (Å²) in [6.07, 6.45) is 0. The third-order valence-corrected chi connectivity index (χ3v) is 5.21. The largest absolute Gasteiger partial charge is 0.466 e. The second-order valence-corrected chi connectivity index (χ2v) is 7.10. The number of ether oxygens (including phenoxy) is 3. The van der Waals surface area contributed by atoms with Crippen LogP contribution < -0.4 is 4.90 Å². The highest BCUT2D eigenvalue weighted by molar-refractivity contribution is 6.30. The molecule has 0 fully saturated rings. The molecule has 0 aromatic heterocycles. The highest BCUT2D eigenvalue weighted by Gasteiger charge is 2.51. The van der Waals surface area contributed by atoms with Gasteiger partial charge in [-0.05, 0) is 36.8 Å². The van der Waals surface area contributed by atoms with E-state index in [0.717, 1.165) is 0 Å². The van der Waals surface area contributed by atoms with Crippen molar-refractivity contribution in [3.63, 3.8) is 0 Å². The number of para-hydroxylation sites is 1. The summed E-state index contributed by atoms with van der Waals surface area (Å²) in [6.45, 7) is 1.77. The topological polar surface area (TPSA) is 82.1 Å². The molecule has 31 heavy (non-hydrogen) atoms. The van der Waals surface area contributed by atoms with Gasteiger partial charge in [0.25, 0.3) is 0 Å². The first kappa shape index (κ1) is 22.4. The van der Waals surface area contributed by atoms with Crippen LogP contribution in [0.15, 0.2) is 65.7 Å². The van der Waals surface area contributed by atoms with Gasteiger partial charge in [0, 0.05) is 10.7 Å². The molecule has 0 amide bonds. The molecule has 162 valence electrons. The quantitative estimate of drug-likeness (QED) is 0.499. The zero-order valence-corrected chi connectivity index (χ0v) is 18.1. The van der Waals surface area contributed by atoms with Crippen molar-refractivity contribution in [2.24, 2.45) is 0 Å². The first-order valence-electron chi connectivity index (χ1n) is 9.60. The second kappa shape index (κ2) is 9.66. The Bertz CT molecular complexity index is 1000. The van der Waals surface area contributed by atoms with Crippen molar-refractivity contribution in [1.29, 1.82) is 0 Å². The van der Waals surface area contributed by atoms with E-state index in [2.05, 4.69) is 0 Å². The summed E-state index contributed by atoms with van der Waals surface area (Å²) in [6, 6.07) is 13.8. The van der Waals surface area contributed by atoms with Crippen LogP contribution in [-0.2, 0) is 28.6 Å². The van der Waals surface area contributed by atoms with Crippen LogP contribution in [0, 0.1) is 0 Å². The van der Waals surface area contributed by atoms with Crippen molar-refractivity contribution < 1.29 is 28.6 Å². The number of methoxy groups -OCH3 is 2. The predicted molar refractivity (Wildman–Crippen MR) is 115 cm³/mol. The highest BCUT2D eigenvalue weighted by Crippen LogP contribution is 2.45. The molecule has 0 radical (unpaired) electrons. The van der Waals surface area contributed by atoms with Crippen molar-refractivity contribution in [2.45, 2.75) is 19.0 Å². The minimum absolute atomic E-state index is 0.0126. The Morgan fingerprint density at radius 1 is 0.903 bits per heavy atom. The molecule has 1 unspecified atom stereocenters. The van der Waals surface area contributed by atoms with Gasteiger partial charge in [-0.2, -0.15) is 0 Å². The molecule has 2 aromatic rings. The summed E-state index contributed by atoms with van der Waals surface area (Å²) >= 11 is 6.05. The molecule has 0 saturated carbocycles. The van der Waals surface area contributed by atoms with Gasteiger partial charge in [-0.1, -0.05) is 41.9 Å². The smallest absolute Gasteiger partial charge is 0.337 e. The Hall–Kier alpha value is -3.32. The fraction of sp³-hybridized carbons (Fsp3) is 0.261. The van der Waals surface area contributed by atoms with Gasteiger partial charge in [0.1, 0.15) is 0 Å². The van der Waals surface area contributed by atoms with E-state index in [1.165, 1.54) is 14.2 Å². The SMILES string of the molecule is CCOC(=O)[C@@H]1C(C(=O)OC)=C(C(=O)OC)C(c2ccc(Cl)cc2)N1c1ccccc1. The van der Waals surface area contributed by atoms with Crippen molar-refractivity contribution in [2.75, 3.05) is 25.7 Å². The Kier molecular flexibility index (Phi) is 6.97. The third-order valence-electron chi connectivity index (χ3n) is 4.95. The average Bonchev–Trinajstić information content (AvgIpc) is 3.15. The van der Waals surface area contributed by atoms with E-state index in [4.69, 9.17) is 25.8 Å². The normalized spacial score (nSPS) is 18.0. The van der Waals surface area contributed by atoms with Crippen LogP contribution in [0.2, 0.25) is 5.02 Å². The van der Waals surface area contributed by atoms with E-state index in [1.54, 1.807) is 60.4 Å². The summed E-state index contributed by atoms with van der Waals surface area (Å²) in [5.41, 5.74) is 1.15. The predicted octanol–water partition coefficient (Wildman–Crippen LogP) is 3.48. The summed E-state index contributed by atoms with van der Waals surface area (Å²) in [5, 5.41) is 0.506. The lowest BCUT2D eigenvalue weighted by atomic mass is 9.96.